The van der Waals surface area contributed by atoms with Crippen LogP contribution in [-0.4, -0.2) is 60.5 Å². The molecule has 0 unspecified atom stereocenters. The van der Waals surface area contributed by atoms with Crippen LogP contribution in [0.2, 0.25) is 0 Å². The highest BCUT2D eigenvalue weighted by Crippen LogP contribution is 2.26. The molecule has 0 bridgehead atoms. The summed E-state index contributed by atoms with van der Waals surface area (Å²) in [5.74, 6) is -1.21. The lowest BCUT2D eigenvalue weighted by Gasteiger charge is -2.33. The molecule has 1 fully saturated rings. The Balaban J connectivity index is 1.88. The first-order valence-electron chi connectivity index (χ1n) is 12.0. The molecule has 35 heavy (non-hydrogen) atoms. The minimum Gasteiger partial charge on any atom is -0.379 e. The van der Waals surface area contributed by atoms with Crippen LogP contribution < -0.4 is 16.4 Å². The number of hydrogen-bond acceptors (Lipinski definition) is 5. The molecule has 1 aliphatic heterocycles. The number of hydrogen-bond donors (Lipinski definition) is 3. The number of benzene rings is 2. The molecule has 8 heteroatoms. The smallest absolute Gasteiger partial charge is 0.246 e. The van der Waals surface area contributed by atoms with Crippen molar-refractivity contribution in [3.63, 3.8) is 0 Å². The quantitative estimate of drug-likeness (QED) is 0.508. The maximum atomic E-state index is 13.7. The summed E-state index contributed by atoms with van der Waals surface area (Å²) in [4.78, 5) is 41.1. The highest BCUT2D eigenvalue weighted by atomic mass is 16.5. The van der Waals surface area contributed by atoms with E-state index < -0.39 is 36.2 Å². The predicted octanol–water partition coefficient (Wildman–Crippen LogP) is 2.00. The summed E-state index contributed by atoms with van der Waals surface area (Å²) in [6.07, 6.45) is 0.0661. The molecule has 1 heterocycles. The second-order valence-corrected chi connectivity index (χ2v) is 9.32. The van der Waals surface area contributed by atoms with Gasteiger partial charge >= 0.3 is 0 Å². The predicted molar refractivity (Wildman–Crippen MR) is 134 cm³/mol. The Hall–Kier alpha value is -3.23. The molecule has 1 saturated heterocycles. The summed E-state index contributed by atoms with van der Waals surface area (Å²) >= 11 is 0. The normalized spacial score (nSPS) is 19.5. The van der Waals surface area contributed by atoms with E-state index in [9.17, 15) is 14.4 Å². The summed E-state index contributed by atoms with van der Waals surface area (Å²) < 4.78 is 5.62. The molecule has 0 radical (unpaired) electrons. The third-order valence-corrected chi connectivity index (χ3v) is 6.39. The lowest BCUT2D eigenvalue weighted by molar-refractivity contribution is -0.144. The van der Waals surface area contributed by atoms with Gasteiger partial charge in [0, 0.05) is 13.7 Å². The SMILES string of the molecule is CO[C@@H]1CCN(C(=O)[C@@H](NC(=O)[C@H](C)N)C(C)C)[C@@H]1C(=O)NC(c1ccccc1)c1ccccc1. The van der Waals surface area contributed by atoms with E-state index in [2.05, 4.69) is 10.6 Å². The van der Waals surface area contributed by atoms with Gasteiger partial charge in [-0.1, -0.05) is 74.5 Å². The van der Waals surface area contributed by atoms with E-state index in [0.29, 0.717) is 13.0 Å². The van der Waals surface area contributed by atoms with Gasteiger partial charge in [-0.15, -0.1) is 0 Å². The zero-order valence-corrected chi connectivity index (χ0v) is 20.8. The van der Waals surface area contributed by atoms with Crippen LogP contribution in [0.3, 0.4) is 0 Å². The third kappa shape index (κ3) is 6.26. The maximum Gasteiger partial charge on any atom is 0.246 e. The van der Waals surface area contributed by atoms with Gasteiger partial charge in [0.15, 0.2) is 0 Å². The molecule has 0 aliphatic carbocycles. The minimum absolute atomic E-state index is 0.183. The van der Waals surface area contributed by atoms with Crippen LogP contribution in [-0.2, 0) is 19.1 Å². The molecular weight excluding hydrogens is 444 g/mol. The molecule has 2 aromatic rings. The summed E-state index contributed by atoms with van der Waals surface area (Å²) in [5.41, 5.74) is 7.56. The monoisotopic (exact) mass is 480 g/mol. The zero-order chi connectivity index (χ0) is 25.5. The van der Waals surface area contributed by atoms with Gasteiger partial charge in [-0.05, 0) is 30.4 Å². The van der Waals surface area contributed by atoms with Gasteiger partial charge < -0.3 is 26.0 Å². The second-order valence-electron chi connectivity index (χ2n) is 9.32. The number of methoxy groups -OCH3 is 1. The van der Waals surface area contributed by atoms with Crippen molar-refractivity contribution in [1.29, 1.82) is 0 Å². The van der Waals surface area contributed by atoms with Crippen LogP contribution in [0.5, 0.6) is 0 Å². The fraction of sp³-hybridized carbons (Fsp3) is 0.444. The van der Waals surface area contributed by atoms with Crippen molar-refractivity contribution >= 4 is 17.7 Å². The number of carbonyl (C=O) groups is 3. The summed E-state index contributed by atoms with van der Waals surface area (Å²) in [5, 5.41) is 5.90. The van der Waals surface area contributed by atoms with Crippen molar-refractivity contribution in [1.82, 2.24) is 15.5 Å². The number of rotatable bonds is 9. The maximum absolute atomic E-state index is 13.7. The summed E-state index contributed by atoms with van der Waals surface area (Å²) in [7, 11) is 1.54. The summed E-state index contributed by atoms with van der Waals surface area (Å²) in [6.45, 7) is 5.62. The Morgan fingerprint density at radius 2 is 1.49 bits per heavy atom. The highest BCUT2D eigenvalue weighted by molar-refractivity contribution is 5.94. The van der Waals surface area contributed by atoms with Crippen LogP contribution in [0.15, 0.2) is 60.7 Å². The third-order valence-electron chi connectivity index (χ3n) is 6.39. The molecule has 0 saturated carbocycles. The molecule has 0 aromatic heterocycles. The fourth-order valence-electron chi connectivity index (χ4n) is 4.42. The first-order chi connectivity index (χ1) is 16.7. The first-order valence-corrected chi connectivity index (χ1v) is 12.0. The molecule has 0 spiro atoms. The standard InChI is InChI=1S/C27H36N4O4/c1-17(2)22(29-25(32)18(3)28)27(34)31-16-15-21(35-4)24(31)26(33)30-23(19-11-7-5-8-12-19)20-13-9-6-10-14-20/h5-14,17-18,21-24H,15-16,28H2,1-4H3,(H,29,32)(H,30,33)/t18-,21+,22-,24-/m0/s1. The number of amides is 3. The van der Waals surface area contributed by atoms with E-state index in [1.165, 1.54) is 4.90 Å². The van der Waals surface area contributed by atoms with Crippen molar-refractivity contribution in [2.24, 2.45) is 11.7 Å². The van der Waals surface area contributed by atoms with Crippen molar-refractivity contribution in [3.8, 4) is 0 Å². The topological polar surface area (TPSA) is 114 Å². The van der Waals surface area contributed by atoms with Crippen LogP contribution in [0, 0.1) is 5.92 Å². The molecule has 1 aliphatic rings. The van der Waals surface area contributed by atoms with Crippen LogP contribution in [0.25, 0.3) is 0 Å². The van der Waals surface area contributed by atoms with Crippen molar-refractivity contribution in [2.75, 3.05) is 13.7 Å². The van der Waals surface area contributed by atoms with Crippen LogP contribution >= 0.6 is 0 Å². The zero-order valence-electron chi connectivity index (χ0n) is 20.8. The molecule has 3 rings (SSSR count). The highest BCUT2D eigenvalue weighted by Gasteiger charge is 2.45. The van der Waals surface area contributed by atoms with Gasteiger partial charge in [0.05, 0.1) is 18.2 Å². The Bertz CT molecular complexity index is 957. The average Bonchev–Trinajstić information content (AvgIpc) is 3.30. The van der Waals surface area contributed by atoms with Gasteiger partial charge in [0.1, 0.15) is 12.1 Å². The molecule has 2 aromatic carbocycles. The number of likely N-dealkylation sites (tertiary alicyclic amines) is 1. The van der Waals surface area contributed by atoms with Gasteiger partial charge in [-0.25, -0.2) is 0 Å². The minimum atomic E-state index is -0.823. The van der Waals surface area contributed by atoms with Crippen molar-refractivity contribution in [2.45, 2.75) is 57.5 Å². The van der Waals surface area contributed by atoms with E-state index >= 15 is 0 Å². The van der Waals surface area contributed by atoms with E-state index in [-0.39, 0.29) is 17.7 Å². The number of nitrogens with zero attached hydrogens (tertiary/aromatic N) is 1. The molecule has 4 atom stereocenters. The van der Waals surface area contributed by atoms with E-state index in [0.717, 1.165) is 11.1 Å². The van der Waals surface area contributed by atoms with E-state index in [1.807, 2.05) is 74.5 Å². The molecule has 8 nitrogen and oxygen atoms in total. The van der Waals surface area contributed by atoms with Crippen LogP contribution in [0.4, 0.5) is 0 Å². The van der Waals surface area contributed by atoms with Gasteiger partial charge in [-0.2, -0.15) is 0 Å². The molecule has 3 amide bonds. The lowest BCUT2D eigenvalue weighted by atomic mass is 9.97. The van der Waals surface area contributed by atoms with E-state index in [1.54, 1.807) is 14.0 Å². The van der Waals surface area contributed by atoms with Gasteiger partial charge in [0.25, 0.3) is 0 Å². The first kappa shape index (κ1) is 26.4. The Labute approximate surface area is 207 Å². The molecular formula is C27H36N4O4. The molecule has 188 valence electrons. The number of carbonyl (C=O) groups excluding carboxylic acids is 3. The largest absolute Gasteiger partial charge is 0.379 e. The van der Waals surface area contributed by atoms with Crippen LogP contribution in [0.1, 0.15) is 44.4 Å². The molecule has 4 N–H and O–H groups in total. The number of nitrogens with one attached hydrogen (secondary N) is 2. The number of ether oxygens (including phenoxy) is 1. The van der Waals surface area contributed by atoms with Gasteiger partial charge in [-0.3, -0.25) is 14.4 Å². The Morgan fingerprint density at radius 1 is 0.943 bits per heavy atom. The fourth-order valence-corrected chi connectivity index (χ4v) is 4.42. The Kier molecular flexibility index (Phi) is 9.01. The summed E-state index contributed by atoms with van der Waals surface area (Å²) in [6, 6.07) is 16.6. The van der Waals surface area contributed by atoms with Crippen molar-refractivity contribution in [3.05, 3.63) is 71.8 Å². The second kappa shape index (κ2) is 12.0. The van der Waals surface area contributed by atoms with Gasteiger partial charge in [0.2, 0.25) is 17.7 Å². The van der Waals surface area contributed by atoms with E-state index in [4.69, 9.17) is 10.5 Å². The lowest BCUT2D eigenvalue weighted by Crippen LogP contribution is -2.58. The number of nitrogens with two attached hydrogens (primary N) is 1. The Morgan fingerprint density at radius 3 is 1.94 bits per heavy atom. The van der Waals surface area contributed by atoms with Crippen molar-refractivity contribution < 1.29 is 19.1 Å². The average molecular weight is 481 g/mol.